The first-order valence-corrected chi connectivity index (χ1v) is 8.14. The van der Waals surface area contributed by atoms with E-state index in [4.69, 9.17) is 0 Å². The average molecular weight is 277 g/mol. The number of piperidine rings is 1. The Kier molecular flexibility index (Phi) is 4.68. The molecule has 1 saturated heterocycles. The van der Waals surface area contributed by atoms with E-state index < -0.39 is 0 Å². The third-order valence-corrected chi connectivity index (χ3v) is 4.99. The zero-order valence-corrected chi connectivity index (χ0v) is 12.5. The van der Waals surface area contributed by atoms with Crippen LogP contribution in [0.2, 0.25) is 0 Å². The minimum absolute atomic E-state index is 0.693. The van der Waals surface area contributed by atoms with Crippen molar-refractivity contribution < 1.29 is 0 Å². The number of nitrogens with one attached hydrogen (secondary N) is 2. The molecule has 0 aromatic carbocycles. The summed E-state index contributed by atoms with van der Waals surface area (Å²) in [5.41, 5.74) is 0. The van der Waals surface area contributed by atoms with Crippen LogP contribution in [0.4, 0.5) is 0 Å². The molecule has 2 aliphatic rings. The van der Waals surface area contributed by atoms with E-state index in [1.165, 1.54) is 45.1 Å². The Balaban J connectivity index is 1.47. The first-order chi connectivity index (χ1) is 9.84. The van der Waals surface area contributed by atoms with Crippen molar-refractivity contribution in [3.05, 3.63) is 12.2 Å². The lowest BCUT2D eigenvalue weighted by atomic mass is 9.88. The van der Waals surface area contributed by atoms with E-state index in [9.17, 15) is 0 Å². The van der Waals surface area contributed by atoms with E-state index in [0.29, 0.717) is 6.04 Å². The summed E-state index contributed by atoms with van der Waals surface area (Å²) in [6, 6.07) is 1.44. The number of aryl methyl sites for hydroxylation is 1. The van der Waals surface area contributed by atoms with E-state index >= 15 is 0 Å². The zero-order chi connectivity index (χ0) is 13.8. The molecule has 2 N–H and O–H groups in total. The summed E-state index contributed by atoms with van der Waals surface area (Å²) in [4.78, 5) is 0. The van der Waals surface area contributed by atoms with Gasteiger partial charge in [-0.15, -0.1) is 10.2 Å². The van der Waals surface area contributed by atoms with Gasteiger partial charge in [0.25, 0.3) is 0 Å². The fraction of sp³-hybridized carbons (Fsp3) is 0.867. The third kappa shape index (κ3) is 3.20. The molecule has 2 fully saturated rings. The topological polar surface area (TPSA) is 54.8 Å². The largest absolute Gasteiger partial charge is 0.321 e. The Morgan fingerprint density at radius 3 is 3.00 bits per heavy atom. The molecule has 1 aliphatic carbocycles. The Bertz CT molecular complexity index is 410. The molecule has 1 aromatic heterocycles. The van der Waals surface area contributed by atoms with E-state index in [1.54, 1.807) is 6.33 Å². The Morgan fingerprint density at radius 1 is 1.30 bits per heavy atom. The molecule has 20 heavy (non-hydrogen) atoms. The molecule has 1 aliphatic heterocycles. The van der Waals surface area contributed by atoms with Gasteiger partial charge >= 0.3 is 0 Å². The lowest BCUT2D eigenvalue weighted by Crippen LogP contribution is -2.47. The molecule has 5 heteroatoms. The highest BCUT2D eigenvalue weighted by Gasteiger charge is 2.33. The number of hydrogen-bond donors (Lipinski definition) is 2. The van der Waals surface area contributed by atoms with Crippen LogP contribution in [0.3, 0.4) is 0 Å². The summed E-state index contributed by atoms with van der Waals surface area (Å²) < 4.78 is 2.01. The molecule has 5 nitrogen and oxygen atoms in total. The SMILES string of the molecule is Cn1cnnc1CCNC1CCCC1C1CCCCN1. The zero-order valence-electron chi connectivity index (χ0n) is 12.5. The molecule has 112 valence electrons. The summed E-state index contributed by atoms with van der Waals surface area (Å²) in [6.45, 7) is 2.23. The standard InChI is InChI=1S/C15H27N5/c1-20-11-18-19-15(20)8-10-17-14-7-4-5-12(14)13-6-2-3-9-16-13/h11-14,16-17H,2-10H2,1H3. The van der Waals surface area contributed by atoms with Crippen molar-refractivity contribution in [2.45, 2.75) is 57.0 Å². The minimum Gasteiger partial charge on any atom is -0.321 e. The number of hydrogen-bond acceptors (Lipinski definition) is 4. The molecule has 3 atom stereocenters. The van der Waals surface area contributed by atoms with E-state index in [2.05, 4.69) is 20.8 Å². The van der Waals surface area contributed by atoms with Gasteiger partial charge in [0.1, 0.15) is 12.2 Å². The fourth-order valence-corrected chi connectivity index (χ4v) is 3.87. The molecule has 0 amide bonds. The second kappa shape index (κ2) is 6.68. The van der Waals surface area contributed by atoms with Gasteiger partial charge < -0.3 is 15.2 Å². The quantitative estimate of drug-likeness (QED) is 0.851. The first-order valence-electron chi connectivity index (χ1n) is 8.14. The molecule has 1 aromatic rings. The smallest absolute Gasteiger partial charge is 0.133 e. The molecular weight excluding hydrogens is 250 g/mol. The first kappa shape index (κ1) is 14.0. The second-order valence-corrected chi connectivity index (χ2v) is 6.32. The van der Waals surface area contributed by atoms with E-state index in [0.717, 1.165) is 30.7 Å². The maximum atomic E-state index is 4.15. The van der Waals surface area contributed by atoms with Crippen molar-refractivity contribution >= 4 is 0 Å². The second-order valence-electron chi connectivity index (χ2n) is 6.32. The summed E-state index contributed by atoms with van der Waals surface area (Å²) >= 11 is 0. The summed E-state index contributed by atoms with van der Waals surface area (Å²) in [7, 11) is 2.01. The van der Waals surface area contributed by atoms with Gasteiger partial charge in [0.15, 0.2) is 0 Å². The summed E-state index contributed by atoms with van der Waals surface area (Å²) in [5, 5.41) is 15.6. The van der Waals surface area contributed by atoms with Gasteiger partial charge in [0.2, 0.25) is 0 Å². The van der Waals surface area contributed by atoms with Crippen LogP contribution in [0.5, 0.6) is 0 Å². The predicted molar refractivity (Wildman–Crippen MR) is 79.5 cm³/mol. The highest BCUT2D eigenvalue weighted by molar-refractivity contribution is 4.93. The van der Waals surface area contributed by atoms with E-state index in [-0.39, 0.29) is 0 Å². The Morgan fingerprint density at radius 2 is 2.25 bits per heavy atom. The van der Waals surface area contributed by atoms with Crippen molar-refractivity contribution in [3.63, 3.8) is 0 Å². The normalized spacial score (nSPS) is 30.8. The molecule has 3 unspecified atom stereocenters. The molecular formula is C15H27N5. The van der Waals surface area contributed by atoms with Crippen LogP contribution in [-0.4, -0.2) is 39.9 Å². The van der Waals surface area contributed by atoms with Crippen LogP contribution in [0.1, 0.15) is 44.3 Å². The highest BCUT2D eigenvalue weighted by Crippen LogP contribution is 2.31. The van der Waals surface area contributed by atoms with Crippen LogP contribution < -0.4 is 10.6 Å². The molecule has 0 spiro atoms. The maximum Gasteiger partial charge on any atom is 0.133 e. The Labute approximate surface area is 121 Å². The van der Waals surface area contributed by atoms with Gasteiger partial charge in [0.05, 0.1) is 0 Å². The van der Waals surface area contributed by atoms with Gasteiger partial charge in [-0.05, 0) is 38.1 Å². The minimum atomic E-state index is 0.693. The lowest BCUT2D eigenvalue weighted by Gasteiger charge is -2.33. The number of rotatable bonds is 5. The summed E-state index contributed by atoms with van der Waals surface area (Å²) in [6.07, 6.45) is 11.0. The van der Waals surface area contributed by atoms with Crippen LogP contribution >= 0.6 is 0 Å². The monoisotopic (exact) mass is 277 g/mol. The third-order valence-electron chi connectivity index (χ3n) is 4.99. The Hall–Kier alpha value is -0.940. The molecule has 0 bridgehead atoms. The van der Waals surface area contributed by atoms with Gasteiger partial charge in [-0.2, -0.15) is 0 Å². The molecule has 2 heterocycles. The van der Waals surface area contributed by atoms with Crippen molar-refractivity contribution in [2.24, 2.45) is 13.0 Å². The van der Waals surface area contributed by atoms with E-state index in [1.807, 2.05) is 11.6 Å². The van der Waals surface area contributed by atoms with Crippen molar-refractivity contribution in [1.29, 1.82) is 0 Å². The molecule has 0 radical (unpaired) electrons. The van der Waals surface area contributed by atoms with Crippen LogP contribution in [-0.2, 0) is 13.5 Å². The van der Waals surface area contributed by atoms with Crippen molar-refractivity contribution in [2.75, 3.05) is 13.1 Å². The van der Waals surface area contributed by atoms with Crippen molar-refractivity contribution in [3.8, 4) is 0 Å². The number of nitrogens with zero attached hydrogens (tertiary/aromatic N) is 3. The highest BCUT2D eigenvalue weighted by atomic mass is 15.2. The van der Waals surface area contributed by atoms with Gasteiger partial charge in [-0.1, -0.05) is 12.8 Å². The fourth-order valence-electron chi connectivity index (χ4n) is 3.87. The predicted octanol–water partition coefficient (Wildman–Crippen LogP) is 1.26. The lowest BCUT2D eigenvalue weighted by molar-refractivity contribution is 0.258. The molecule has 3 rings (SSSR count). The summed E-state index contributed by atoms with van der Waals surface area (Å²) in [5.74, 6) is 1.90. The maximum absolute atomic E-state index is 4.15. The van der Waals surface area contributed by atoms with Crippen LogP contribution in [0.15, 0.2) is 6.33 Å². The van der Waals surface area contributed by atoms with Crippen molar-refractivity contribution in [1.82, 2.24) is 25.4 Å². The molecule has 1 saturated carbocycles. The van der Waals surface area contributed by atoms with Crippen LogP contribution in [0, 0.1) is 5.92 Å². The van der Waals surface area contributed by atoms with Gasteiger partial charge in [-0.3, -0.25) is 0 Å². The number of aromatic nitrogens is 3. The van der Waals surface area contributed by atoms with Gasteiger partial charge in [0, 0.05) is 32.1 Å². The average Bonchev–Trinajstić information content (AvgIpc) is 3.10. The van der Waals surface area contributed by atoms with Gasteiger partial charge in [-0.25, -0.2) is 0 Å². The van der Waals surface area contributed by atoms with Crippen LogP contribution in [0.25, 0.3) is 0 Å².